The average molecular weight is 236 g/mol. The Bertz CT molecular complexity index is 360. The minimum atomic E-state index is 0.160. The Morgan fingerprint density at radius 3 is 2.65 bits per heavy atom. The third kappa shape index (κ3) is 3.49. The molecule has 1 aromatic carbocycles. The van der Waals surface area contributed by atoms with Crippen molar-refractivity contribution in [2.24, 2.45) is 0 Å². The van der Waals surface area contributed by atoms with E-state index >= 15 is 0 Å². The molecule has 0 amide bonds. The molecule has 0 aliphatic heterocycles. The molecular weight excluding hydrogens is 216 g/mol. The number of hydrogen-bond donors (Lipinski definition) is 1. The number of methoxy groups -OCH3 is 2. The molecule has 0 heterocycles. The summed E-state index contributed by atoms with van der Waals surface area (Å²) in [5.41, 5.74) is 1.09. The lowest BCUT2D eigenvalue weighted by molar-refractivity contribution is 0.274. The fourth-order valence-electron chi connectivity index (χ4n) is 1.91. The molecule has 1 N–H and O–H groups in total. The van der Waals surface area contributed by atoms with Crippen molar-refractivity contribution in [1.29, 1.82) is 0 Å². The second-order valence-corrected chi connectivity index (χ2v) is 3.84. The lowest BCUT2D eigenvalue weighted by Gasteiger charge is -2.18. The Hall–Kier alpha value is -1.48. The molecule has 3 nitrogen and oxygen atoms in total. The summed E-state index contributed by atoms with van der Waals surface area (Å²) in [5, 5.41) is 9.09. The standard InChI is InChI=1S/C14H20O3/c1-4-5-11(8-9-15)13-7-6-12(16-2)10-14(13)17-3/h4,6-7,10-11,15H,1,5,8-9H2,2-3H3. The molecule has 1 atom stereocenters. The summed E-state index contributed by atoms with van der Waals surface area (Å²) in [7, 11) is 3.27. The van der Waals surface area contributed by atoms with Crippen molar-refractivity contribution < 1.29 is 14.6 Å². The van der Waals surface area contributed by atoms with Crippen molar-refractivity contribution in [1.82, 2.24) is 0 Å². The first-order valence-electron chi connectivity index (χ1n) is 5.70. The maximum Gasteiger partial charge on any atom is 0.126 e. The SMILES string of the molecule is C=CCC(CCO)c1ccc(OC)cc1OC. The van der Waals surface area contributed by atoms with Gasteiger partial charge in [-0.3, -0.25) is 0 Å². The first-order chi connectivity index (χ1) is 8.26. The molecule has 3 heteroatoms. The Kier molecular flexibility index (Phi) is 5.57. The Morgan fingerprint density at radius 2 is 2.12 bits per heavy atom. The predicted molar refractivity (Wildman–Crippen MR) is 68.8 cm³/mol. The molecule has 0 fully saturated rings. The van der Waals surface area contributed by atoms with Crippen LogP contribution in [0.2, 0.25) is 0 Å². The molecule has 0 radical (unpaired) electrons. The molecule has 0 saturated carbocycles. The van der Waals surface area contributed by atoms with E-state index in [0.29, 0.717) is 6.42 Å². The van der Waals surface area contributed by atoms with Crippen molar-refractivity contribution >= 4 is 0 Å². The zero-order valence-electron chi connectivity index (χ0n) is 10.5. The van der Waals surface area contributed by atoms with Crippen LogP contribution in [0.3, 0.4) is 0 Å². The summed E-state index contributed by atoms with van der Waals surface area (Å²) in [5.74, 6) is 1.80. The number of aliphatic hydroxyl groups is 1. The number of aliphatic hydroxyl groups excluding tert-OH is 1. The van der Waals surface area contributed by atoms with Gasteiger partial charge < -0.3 is 14.6 Å². The van der Waals surface area contributed by atoms with Crippen molar-refractivity contribution in [3.63, 3.8) is 0 Å². The molecule has 1 rings (SSSR count). The van der Waals surface area contributed by atoms with E-state index in [1.54, 1.807) is 14.2 Å². The molecule has 0 saturated heterocycles. The van der Waals surface area contributed by atoms with E-state index in [1.165, 1.54) is 0 Å². The third-order valence-corrected chi connectivity index (χ3v) is 2.81. The third-order valence-electron chi connectivity index (χ3n) is 2.81. The highest BCUT2D eigenvalue weighted by molar-refractivity contribution is 5.43. The number of hydrogen-bond acceptors (Lipinski definition) is 3. The van der Waals surface area contributed by atoms with Gasteiger partial charge in [-0.25, -0.2) is 0 Å². The molecule has 1 aromatic rings. The van der Waals surface area contributed by atoms with Crippen LogP contribution in [-0.2, 0) is 0 Å². The van der Waals surface area contributed by atoms with Crippen LogP contribution in [0.1, 0.15) is 24.3 Å². The molecule has 94 valence electrons. The predicted octanol–water partition coefficient (Wildman–Crippen LogP) is 2.75. The van der Waals surface area contributed by atoms with Crippen LogP contribution in [-0.4, -0.2) is 25.9 Å². The summed E-state index contributed by atoms with van der Waals surface area (Å²) < 4.78 is 10.5. The summed E-state index contributed by atoms with van der Waals surface area (Å²) in [6, 6.07) is 5.76. The van der Waals surface area contributed by atoms with Gasteiger partial charge in [-0.15, -0.1) is 6.58 Å². The Balaban J connectivity index is 3.03. The highest BCUT2D eigenvalue weighted by atomic mass is 16.5. The van der Waals surface area contributed by atoms with E-state index in [1.807, 2.05) is 24.3 Å². The first kappa shape index (κ1) is 13.6. The molecule has 0 spiro atoms. The van der Waals surface area contributed by atoms with Gasteiger partial charge in [0.2, 0.25) is 0 Å². The summed E-state index contributed by atoms with van der Waals surface area (Å²) in [4.78, 5) is 0. The minimum Gasteiger partial charge on any atom is -0.497 e. The minimum absolute atomic E-state index is 0.160. The molecule has 1 unspecified atom stereocenters. The molecule has 17 heavy (non-hydrogen) atoms. The fourth-order valence-corrected chi connectivity index (χ4v) is 1.91. The monoisotopic (exact) mass is 236 g/mol. The van der Waals surface area contributed by atoms with E-state index < -0.39 is 0 Å². The molecule has 0 bridgehead atoms. The summed E-state index contributed by atoms with van der Waals surface area (Å²) in [6.45, 7) is 3.91. The lowest BCUT2D eigenvalue weighted by atomic mass is 9.92. The van der Waals surface area contributed by atoms with E-state index in [9.17, 15) is 0 Å². The van der Waals surface area contributed by atoms with Gasteiger partial charge in [0.15, 0.2) is 0 Å². The topological polar surface area (TPSA) is 38.7 Å². The fraction of sp³-hybridized carbons (Fsp3) is 0.429. The normalized spacial score (nSPS) is 11.9. The van der Waals surface area contributed by atoms with E-state index in [-0.39, 0.29) is 12.5 Å². The van der Waals surface area contributed by atoms with Crippen molar-refractivity contribution in [2.75, 3.05) is 20.8 Å². The highest BCUT2D eigenvalue weighted by Crippen LogP contribution is 2.34. The van der Waals surface area contributed by atoms with E-state index in [0.717, 1.165) is 23.5 Å². The zero-order valence-corrected chi connectivity index (χ0v) is 10.5. The van der Waals surface area contributed by atoms with Crippen LogP contribution in [0.15, 0.2) is 30.9 Å². The van der Waals surface area contributed by atoms with E-state index in [4.69, 9.17) is 14.6 Å². The van der Waals surface area contributed by atoms with E-state index in [2.05, 4.69) is 6.58 Å². The summed E-state index contributed by atoms with van der Waals surface area (Å²) in [6.07, 6.45) is 3.39. The zero-order chi connectivity index (χ0) is 12.7. The first-order valence-corrected chi connectivity index (χ1v) is 5.70. The van der Waals surface area contributed by atoms with Gasteiger partial charge in [0.1, 0.15) is 11.5 Å². The second kappa shape index (κ2) is 6.97. The molecular formula is C14H20O3. The van der Waals surface area contributed by atoms with Gasteiger partial charge in [-0.05, 0) is 30.4 Å². The number of allylic oxidation sites excluding steroid dienone is 1. The van der Waals surface area contributed by atoms with Crippen LogP contribution in [0.5, 0.6) is 11.5 Å². The van der Waals surface area contributed by atoms with Crippen LogP contribution < -0.4 is 9.47 Å². The van der Waals surface area contributed by atoms with Crippen LogP contribution in [0.25, 0.3) is 0 Å². The van der Waals surface area contributed by atoms with Crippen molar-refractivity contribution in [3.05, 3.63) is 36.4 Å². The average Bonchev–Trinajstić information content (AvgIpc) is 2.37. The Morgan fingerprint density at radius 1 is 1.35 bits per heavy atom. The van der Waals surface area contributed by atoms with Gasteiger partial charge >= 0.3 is 0 Å². The molecule has 0 aromatic heterocycles. The maximum atomic E-state index is 9.09. The second-order valence-electron chi connectivity index (χ2n) is 3.84. The van der Waals surface area contributed by atoms with Gasteiger partial charge in [-0.1, -0.05) is 12.1 Å². The maximum absolute atomic E-state index is 9.09. The van der Waals surface area contributed by atoms with Crippen molar-refractivity contribution in [2.45, 2.75) is 18.8 Å². The van der Waals surface area contributed by atoms with Crippen molar-refractivity contribution in [3.8, 4) is 11.5 Å². The summed E-state index contributed by atoms with van der Waals surface area (Å²) >= 11 is 0. The lowest BCUT2D eigenvalue weighted by Crippen LogP contribution is -2.03. The number of benzene rings is 1. The molecule has 0 aliphatic rings. The molecule has 0 aliphatic carbocycles. The van der Waals surface area contributed by atoms with Gasteiger partial charge in [-0.2, -0.15) is 0 Å². The van der Waals surface area contributed by atoms with Crippen LogP contribution in [0, 0.1) is 0 Å². The van der Waals surface area contributed by atoms with Gasteiger partial charge in [0.05, 0.1) is 14.2 Å². The number of rotatable bonds is 7. The Labute approximate surface area is 103 Å². The highest BCUT2D eigenvalue weighted by Gasteiger charge is 2.15. The quantitative estimate of drug-likeness (QED) is 0.740. The van der Waals surface area contributed by atoms with Crippen LogP contribution >= 0.6 is 0 Å². The van der Waals surface area contributed by atoms with Gasteiger partial charge in [0.25, 0.3) is 0 Å². The number of ether oxygens (including phenoxy) is 2. The van der Waals surface area contributed by atoms with Crippen LogP contribution in [0.4, 0.5) is 0 Å². The van der Waals surface area contributed by atoms with Gasteiger partial charge in [0, 0.05) is 12.7 Å². The largest absolute Gasteiger partial charge is 0.497 e. The smallest absolute Gasteiger partial charge is 0.126 e.